The molecule has 2 heterocycles. The topological polar surface area (TPSA) is 35.6 Å². The number of hydrogen-bond donors (Lipinski definition) is 1. The van der Waals surface area contributed by atoms with E-state index in [-0.39, 0.29) is 0 Å². The number of rotatable bonds is 7. The van der Waals surface area contributed by atoms with Gasteiger partial charge in [0.15, 0.2) is 0 Å². The molecular formula is C17H33N3O. The van der Waals surface area contributed by atoms with Crippen molar-refractivity contribution in [3.63, 3.8) is 0 Å². The molecule has 0 aliphatic carbocycles. The molecule has 0 bridgehead atoms. The van der Waals surface area contributed by atoms with Crippen LogP contribution in [0, 0.1) is 5.92 Å². The number of amides is 1. The molecule has 2 aliphatic rings. The number of carbonyl (C=O) groups excluding carboxylic acids is 1. The summed E-state index contributed by atoms with van der Waals surface area (Å²) in [6.07, 6.45) is 7.38. The Morgan fingerprint density at radius 1 is 1.33 bits per heavy atom. The highest BCUT2D eigenvalue weighted by Gasteiger charge is 2.24. The van der Waals surface area contributed by atoms with Crippen LogP contribution in [0.2, 0.25) is 0 Å². The lowest BCUT2D eigenvalue weighted by Crippen LogP contribution is -2.47. The van der Waals surface area contributed by atoms with Crippen LogP contribution in [0.25, 0.3) is 0 Å². The van der Waals surface area contributed by atoms with Gasteiger partial charge in [0.05, 0.1) is 6.54 Å². The van der Waals surface area contributed by atoms with Crippen molar-refractivity contribution in [2.45, 2.75) is 58.4 Å². The lowest BCUT2D eigenvalue weighted by molar-refractivity contribution is -0.134. The van der Waals surface area contributed by atoms with Gasteiger partial charge in [-0.3, -0.25) is 9.69 Å². The molecule has 4 heteroatoms. The number of hydrogen-bond acceptors (Lipinski definition) is 3. The maximum atomic E-state index is 12.6. The van der Waals surface area contributed by atoms with Crippen molar-refractivity contribution in [1.82, 2.24) is 15.1 Å². The van der Waals surface area contributed by atoms with Crippen LogP contribution in [-0.4, -0.2) is 61.0 Å². The Labute approximate surface area is 130 Å². The molecule has 0 aromatic heterocycles. The summed E-state index contributed by atoms with van der Waals surface area (Å²) in [6.45, 7) is 10.3. The monoisotopic (exact) mass is 295 g/mol. The maximum absolute atomic E-state index is 12.6. The van der Waals surface area contributed by atoms with Crippen LogP contribution in [-0.2, 0) is 4.79 Å². The smallest absolute Gasteiger partial charge is 0.236 e. The summed E-state index contributed by atoms with van der Waals surface area (Å²) in [4.78, 5) is 17.0. The van der Waals surface area contributed by atoms with E-state index in [1.165, 1.54) is 38.5 Å². The molecule has 0 saturated carbocycles. The molecule has 4 nitrogen and oxygen atoms in total. The number of nitrogens with one attached hydrogen (secondary N) is 1. The standard InChI is InChI=1S/C17H33N3O/c1-3-4-10-19(13-16-8-5-9-18-16)14-17(21)20-11-6-7-15(2)12-20/h15-16,18H,3-14H2,1-2H3. The predicted octanol–water partition coefficient (Wildman–Crippen LogP) is 2.10. The highest BCUT2D eigenvalue weighted by molar-refractivity contribution is 5.78. The van der Waals surface area contributed by atoms with Gasteiger partial charge in [-0.25, -0.2) is 0 Å². The molecule has 1 amide bonds. The van der Waals surface area contributed by atoms with Gasteiger partial charge >= 0.3 is 0 Å². The molecule has 2 rings (SSSR count). The molecule has 2 saturated heterocycles. The Hall–Kier alpha value is -0.610. The highest BCUT2D eigenvalue weighted by atomic mass is 16.2. The van der Waals surface area contributed by atoms with E-state index in [1.54, 1.807) is 0 Å². The Kier molecular flexibility index (Phi) is 6.97. The van der Waals surface area contributed by atoms with E-state index in [4.69, 9.17) is 0 Å². The minimum Gasteiger partial charge on any atom is -0.341 e. The van der Waals surface area contributed by atoms with Crippen LogP contribution >= 0.6 is 0 Å². The zero-order valence-corrected chi connectivity index (χ0v) is 13.9. The van der Waals surface area contributed by atoms with Crippen molar-refractivity contribution < 1.29 is 4.79 Å². The van der Waals surface area contributed by atoms with Crippen LogP contribution in [0.3, 0.4) is 0 Å². The largest absolute Gasteiger partial charge is 0.341 e. The lowest BCUT2D eigenvalue weighted by Gasteiger charge is -2.33. The summed E-state index contributed by atoms with van der Waals surface area (Å²) >= 11 is 0. The Morgan fingerprint density at radius 3 is 2.86 bits per heavy atom. The Balaban J connectivity index is 1.82. The van der Waals surface area contributed by atoms with Crippen LogP contribution in [0.5, 0.6) is 0 Å². The summed E-state index contributed by atoms with van der Waals surface area (Å²) in [7, 11) is 0. The molecule has 2 unspecified atom stereocenters. The summed E-state index contributed by atoms with van der Waals surface area (Å²) in [5.41, 5.74) is 0. The molecule has 0 aromatic rings. The zero-order chi connectivity index (χ0) is 15.1. The molecule has 2 aliphatic heterocycles. The van der Waals surface area contributed by atoms with Crippen molar-refractivity contribution in [1.29, 1.82) is 0 Å². The van der Waals surface area contributed by atoms with Crippen LogP contribution < -0.4 is 5.32 Å². The van der Waals surface area contributed by atoms with Gasteiger partial charge in [0.2, 0.25) is 5.91 Å². The van der Waals surface area contributed by atoms with E-state index in [2.05, 4.69) is 29.0 Å². The SMILES string of the molecule is CCCCN(CC(=O)N1CCCC(C)C1)CC1CCCN1. The molecule has 0 radical (unpaired) electrons. The van der Waals surface area contributed by atoms with E-state index in [0.29, 0.717) is 24.4 Å². The summed E-state index contributed by atoms with van der Waals surface area (Å²) in [5.74, 6) is 1.01. The van der Waals surface area contributed by atoms with E-state index in [1.807, 2.05) is 0 Å². The second kappa shape index (κ2) is 8.74. The number of unbranched alkanes of at least 4 members (excludes halogenated alkanes) is 1. The Bertz CT molecular complexity index is 315. The first kappa shape index (κ1) is 16.8. The van der Waals surface area contributed by atoms with Crippen molar-refractivity contribution >= 4 is 5.91 Å². The van der Waals surface area contributed by atoms with Crippen molar-refractivity contribution in [2.75, 3.05) is 39.3 Å². The van der Waals surface area contributed by atoms with Gasteiger partial charge in [-0.15, -0.1) is 0 Å². The molecule has 122 valence electrons. The molecule has 0 aromatic carbocycles. The molecule has 21 heavy (non-hydrogen) atoms. The third-order valence-electron chi connectivity index (χ3n) is 4.84. The highest BCUT2D eigenvalue weighted by Crippen LogP contribution is 2.16. The first-order chi connectivity index (χ1) is 10.2. The second-order valence-electron chi connectivity index (χ2n) is 6.97. The Morgan fingerprint density at radius 2 is 2.19 bits per heavy atom. The average molecular weight is 295 g/mol. The molecule has 2 atom stereocenters. The first-order valence-corrected chi connectivity index (χ1v) is 8.92. The first-order valence-electron chi connectivity index (χ1n) is 8.92. The summed E-state index contributed by atoms with van der Waals surface area (Å²) < 4.78 is 0. The van der Waals surface area contributed by atoms with E-state index >= 15 is 0 Å². The predicted molar refractivity (Wildman–Crippen MR) is 87.4 cm³/mol. The van der Waals surface area contributed by atoms with Crippen LogP contribution in [0.1, 0.15) is 52.4 Å². The quantitative estimate of drug-likeness (QED) is 0.781. The number of nitrogens with zero attached hydrogens (tertiary/aromatic N) is 2. The van der Waals surface area contributed by atoms with Gasteiger partial charge in [0.25, 0.3) is 0 Å². The van der Waals surface area contributed by atoms with Gasteiger partial charge < -0.3 is 10.2 Å². The molecule has 1 N–H and O–H groups in total. The van der Waals surface area contributed by atoms with Gasteiger partial charge in [-0.2, -0.15) is 0 Å². The fourth-order valence-corrected chi connectivity index (χ4v) is 3.55. The van der Waals surface area contributed by atoms with E-state index in [0.717, 1.165) is 32.7 Å². The molecular weight excluding hydrogens is 262 g/mol. The van der Waals surface area contributed by atoms with Crippen LogP contribution in [0.4, 0.5) is 0 Å². The van der Waals surface area contributed by atoms with E-state index in [9.17, 15) is 4.79 Å². The van der Waals surface area contributed by atoms with Gasteiger partial charge in [-0.1, -0.05) is 20.3 Å². The third kappa shape index (κ3) is 5.59. The maximum Gasteiger partial charge on any atom is 0.236 e. The normalized spacial score (nSPS) is 26.5. The third-order valence-corrected chi connectivity index (χ3v) is 4.84. The zero-order valence-electron chi connectivity index (χ0n) is 13.9. The van der Waals surface area contributed by atoms with Gasteiger partial charge in [0.1, 0.15) is 0 Å². The van der Waals surface area contributed by atoms with Crippen molar-refractivity contribution in [3.8, 4) is 0 Å². The molecule has 2 fully saturated rings. The number of piperidine rings is 1. The summed E-state index contributed by atoms with van der Waals surface area (Å²) in [6, 6.07) is 0.593. The van der Waals surface area contributed by atoms with Crippen molar-refractivity contribution in [3.05, 3.63) is 0 Å². The van der Waals surface area contributed by atoms with Gasteiger partial charge in [0, 0.05) is 25.7 Å². The minimum atomic E-state index is 0.343. The fourth-order valence-electron chi connectivity index (χ4n) is 3.55. The number of likely N-dealkylation sites (tertiary alicyclic amines) is 1. The van der Waals surface area contributed by atoms with E-state index < -0.39 is 0 Å². The van der Waals surface area contributed by atoms with Crippen molar-refractivity contribution in [2.24, 2.45) is 5.92 Å². The number of carbonyl (C=O) groups is 1. The van der Waals surface area contributed by atoms with Gasteiger partial charge in [-0.05, 0) is 51.1 Å². The molecule has 0 spiro atoms. The fraction of sp³-hybridized carbons (Fsp3) is 0.941. The summed E-state index contributed by atoms with van der Waals surface area (Å²) in [5, 5.41) is 3.56. The second-order valence-corrected chi connectivity index (χ2v) is 6.97. The average Bonchev–Trinajstić information content (AvgIpc) is 2.97. The minimum absolute atomic E-state index is 0.343. The van der Waals surface area contributed by atoms with Crippen LogP contribution in [0.15, 0.2) is 0 Å². The lowest BCUT2D eigenvalue weighted by atomic mass is 10.0.